The maximum absolute atomic E-state index is 8.88. The fourth-order valence-electron chi connectivity index (χ4n) is 3.21. The molecule has 0 aliphatic carbocycles. The first kappa shape index (κ1) is 15.3. The van der Waals surface area contributed by atoms with E-state index in [2.05, 4.69) is 27.4 Å². The Kier molecular flexibility index (Phi) is 3.50. The van der Waals surface area contributed by atoms with Gasteiger partial charge in [0.05, 0.1) is 22.4 Å². The van der Waals surface area contributed by atoms with Crippen LogP contribution in [-0.2, 0) is 0 Å². The highest BCUT2D eigenvalue weighted by Crippen LogP contribution is 2.30. The summed E-state index contributed by atoms with van der Waals surface area (Å²) in [5.41, 5.74) is 4.24. The largest absolute Gasteiger partial charge is 0.371 e. The van der Waals surface area contributed by atoms with Gasteiger partial charge in [0, 0.05) is 17.8 Å². The van der Waals surface area contributed by atoms with Gasteiger partial charge in [0.2, 0.25) is 0 Å². The molecule has 2 aromatic heterocycles. The Balaban J connectivity index is 2.05. The van der Waals surface area contributed by atoms with E-state index < -0.39 is 0 Å². The number of rotatable bonds is 2. The summed E-state index contributed by atoms with van der Waals surface area (Å²) in [5, 5.41) is 14.2. The first-order valence-electron chi connectivity index (χ1n) is 8.22. The zero-order valence-corrected chi connectivity index (χ0v) is 14.5. The van der Waals surface area contributed by atoms with Crippen molar-refractivity contribution in [2.75, 3.05) is 12.4 Å². The van der Waals surface area contributed by atoms with Crippen molar-refractivity contribution in [3.63, 3.8) is 0 Å². The van der Waals surface area contributed by atoms with Crippen LogP contribution in [0.4, 0.5) is 5.82 Å². The van der Waals surface area contributed by atoms with Crippen molar-refractivity contribution in [3.05, 3.63) is 65.6 Å². The molecule has 0 saturated carbocycles. The molecule has 2 N–H and O–H groups in total. The minimum Gasteiger partial charge on any atom is -0.371 e. The second-order valence-corrected chi connectivity index (χ2v) is 6.06. The molecule has 124 valence electrons. The molecule has 0 spiro atoms. The van der Waals surface area contributed by atoms with E-state index in [0.29, 0.717) is 17.3 Å². The average Bonchev–Trinajstić information content (AvgIpc) is 2.97. The second-order valence-electron chi connectivity index (χ2n) is 6.06. The second kappa shape index (κ2) is 5.70. The maximum atomic E-state index is 8.88. The summed E-state index contributed by atoms with van der Waals surface area (Å²) in [6, 6.07) is 16.3. The molecule has 5 heteroatoms. The van der Waals surface area contributed by atoms with Crippen LogP contribution in [0.5, 0.6) is 0 Å². The van der Waals surface area contributed by atoms with Gasteiger partial charge in [0.15, 0.2) is 11.7 Å². The van der Waals surface area contributed by atoms with E-state index in [1.807, 2.05) is 54.8 Å². The number of benzene rings is 2. The van der Waals surface area contributed by atoms with E-state index in [9.17, 15) is 0 Å². The van der Waals surface area contributed by atoms with Gasteiger partial charge < -0.3 is 5.32 Å². The highest BCUT2D eigenvalue weighted by molar-refractivity contribution is 6.17. The molecule has 4 aromatic rings. The first-order chi connectivity index (χ1) is 12.1. The molecule has 0 bridgehead atoms. The molecule has 4 rings (SSSR count). The predicted molar refractivity (Wildman–Crippen MR) is 103 cm³/mol. The van der Waals surface area contributed by atoms with Crippen molar-refractivity contribution in [1.82, 2.24) is 14.5 Å². The van der Waals surface area contributed by atoms with Crippen LogP contribution in [0.1, 0.15) is 17.1 Å². The molecule has 0 unspecified atom stereocenters. The maximum Gasteiger partial charge on any atom is 0.160 e. The third-order valence-corrected chi connectivity index (χ3v) is 4.57. The number of aromatic nitrogens is 3. The summed E-state index contributed by atoms with van der Waals surface area (Å²) >= 11 is 0. The van der Waals surface area contributed by atoms with Gasteiger partial charge in [-0.3, -0.25) is 9.98 Å². The van der Waals surface area contributed by atoms with Gasteiger partial charge in [-0.2, -0.15) is 0 Å². The van der Waals surface area contributed by atoms with Crippen molar-refractivity contribution >= 4 is 33.5 Å². The molecule has 25 heavy (non-hydrogen) atoms. The van der Waals surface area contributed by atoms with Crippen LogP contribution in [0, 0.1) is 19.3 Å². The summed E-state index contributed by atoms with van der Waals surface area (Å²) in [7, 11) is 1.81. The number of para-hydroxylation sites is 2. The Labute approximate surface area is 145 Å². The zero-order valence-electron chi connectivity index (χ0n) is 14.5. The van der Waals surface area contributed by atoms with Gasteiger partial charge >= 0.3 is 0 Å². The number of nitrogens with one attached hydrogen (secondary N) is 2. The van der Waals surface area contributed by atoms with E-state index in [1.54, 1.807) is 7.05 Å². The number of fused-ring (bicyclic) bond motifs is 3. The van der Waals surface area contributed by atoms with Gasteiger partial charge in [0.1, 0.15) is 5.69 Å². The van der Waals surface area contributed by atoms with Crippen LogP contribution in [0.25, 0.3) is 21.8 Å². The smallest absolute Gasteiger partial charge is 0.160 e. The van der Waals surface area contributed by atoms with E-state index in [4.69, 9.17) is 5.41 Å². The van der Waals surface area contributed by atoms with Gasteiger partial charge in [-0.25, -0.2) is 9.97 Å². The lowest BCUT2D eigenvalue weighted by atomic mass is 10.2. The van der Waals surface area contributed by atoms with Crippen molar-refractivity contribution in [2.24, 2.45) is 0 Å². The summed E-state index contributed by atoms with van der Waals surface area (Å²) in [5.74, 6) is 0.937. The molecule has 0 aliphatic heterocycles. The molecule has 2 aromatic carbocycles. The van der Waals surface area contributed by atoms with Crippen LogP contribution in [0.2, 0.25) is 0 Å². The standard InChI is InChI=1S/C20H19N5/c1-12-13(2)24-20(22-3)18(23-12)19(21)25-16-10-6-4-8-14(16)15-9-5-7-11-17(15)25/h4-11,21H,1-3H3,(H,22,24). The van der Waals surface area contributed by atoms with Crippen molar-refractivity contribution in [3.8, 4) is 0 Å². The zero-order chi connectivity index (χ0) is 17.6. The lowest BCUT2D eigenvalue weighted by Gasteiger charge is -2.13. The van der Waals surface area contributed by atoms with Crippen LogP contribution in [0.15, 0.2) is 48.5 Å². The Bertz CT molecular complexity index is 1070. The fourth-order valence-corrected chi connectivity index (χ4v) is 3.21. The molecule has 5 nitrogen and oxygen atoms in total. The third kappa shape index (κ3) is 2.28. The Hall–Kier alpha value is -3.21. The normalized spacial score (nSPS) is 11.2. The summed E-state index contributed by atoms with van der Waals surface area (Å²) in [6.45, 7) is 3.85. The van der Waals surface area contributed by atoms with Crippen molar-refractivity contribution in [1.29, 1.82) is 5.41 Å². The molecule has 0 fully saturated rings. The number of anilines is 1. The lowest BCUT2D eigenvalue weighted by Crippen LogP contribution is -2.18. The molecular weight excluding hydrogens is 310 g/mol. The molecule has 0 amide bonds. The Morgan fingerprint density at radius 3 is 1.96 bits per heavy atom. The van der Waals surface area contributed by atoms with E-state index in [0.717, 1.165) is 33.2 Å². The average molecular weight is 329 g/mol. The summed E-state index contributed by atoms with van der Waals surface area (Å²) < 4.78 is 1.95. The molecule has 0 radical (unpaired) electrons. The molecular formula is C20H19N5. The number of nitrogens with zero attached hydrogens (tertiary/aromatic N) is 3. The molecule has 0 saturated heterocycles. The number of hydrogen-bond acceptors (Lipinski definition) is 4. The molecule has 2 heterocycles. The highest BCUT2D eigenvalue weighted by atomic mass is 15.1. The van der Waals surface area contributed by atoms with Crippen LogP contribution >= 0.6 is 0 Å². The van der Waals surface area contributed by atoms with E-state index >= 15 is 0 Å². The highest BCUT2D eigenvalue weighted by Gasteiger charge is 2.19. The summed E-state index contributed by atoms with van der Waals surface area (Å²) in [6.07, 6.45) is 0. The monoisotopic (exact) mass is 329 g/mol. The number of hydrogen-bond donors (Lipinski definition) is 2. The Morgan fingerprint density at radius 2 is 1.40 bits per heavy atom. The van der Waals surface area contributed by atoms with Crippen molar-refractivity contribution < 1.29 is 0 Å². The number of aryl methyl sites for hydroxylation is 2. The third-order valence-electron chi connectivity index (χ3n) is 4.57. The quantitative estimate of drug-likeness (QED) is 0.429. The van der Waals surface area contributed by atoms with Crippen LogP contribution < -0.4 is 5.32 Å². The van der Waals surface area contributed by atoms with Gasteiger partial charge in [-0.1, -0.05) is 36.4 Å². The molecule has 0 aliphatic rings. The Morgan fingerprint density at radius 1 is 0.880 bits per heavy atom. The van der Waals surface area contributed by atoms with Gasteiger partial charge in [-0.05, 0) is 26.0 Å². The van der Waals surface area contributed by atoms with Gasteiger partial charge in [0.25, 0.3) is 0 Å². The topological polar surface area (TPSA) is 66.6 Å². The summed E-state index contributed by atoms with van der Waals surface area (Å²) in [4.78, 5) is 9.20. The van der Waals surface area contributed by atoms with Crippen LogP contribution in [0.3, 0.4) is 0 Å². The van der Waals surface area contributed by atoms with Crippen LogP contribution in [-0.4, -0.2) is 27.4 Å². The van der Waals surface area contributed by atoms with Crippen molar-refractivity contribution in [2.45, 2.75) is 13.8 Å². The minimum atomic E-state index is 0.317. The van der Waals surface area contributed by atoms with Gasteiger partial charge in [-0.15, -0.1) is 0 Å². The van der Waals surface area contributed by atoms with E-state index in [1.165, 1.54) is 0 Å². The molecule has 0 atom stereocenters. The SMILES string of the molecule is CNc1nc(C)c(C)nc1C(=N)n1c2ccccc2c2ccccc21. The fraction of sp³-hybridized carbons (Fsp3) is 0.150. The predicted octanol–water partition coefficient (Wildman–Crippen LogP) is 4.12. The lowest BCUT2D eigenvalue weighted by molar-refractivity contribution is 1.02. The van der Waals surface area contributed by atoms with E-state index in [-0.39, 0.29) is 0 Å². The minimum absolute atomic E-state index is 0.317. The first-order valence-corrected chi connectivity index (χ1v) is 8.22.